The van der Waals surface area contributed by atoms with Crippen molar-refractivity contribution < 1.29 is 19.1 Å². The molecule has 2 aromatic carbocycles. The van der Waals surface area contributed by atoms with E-state index >= 15 is 0 Å². The lowest BCUT2D eigenvalue weighted by molar-refractivity contribution is -0.134. The van der Waals surface area contributed by atoms with Gasteiger partial charge in [0.05, 0.1) is 12.6 Å². The van der Waals surface area contributed by atoms with Crippen LogP contribution in [0.4, 0.5) is 0 Å². The van der Waals surface area contributed by atoms with Crippen molar-refractivity contribution in [3.8, 4) is 5.75 Å². The number of aryl methyl sites for hydroxylation is 1. The first-order valence-electron chi connectivity index (χ1n) is 12.7. The van der Waals surface area contributed by atoms with E-state index in [2.05, 4.69) is 67.5 Å². The summed E-state index contributed by atoms with van der Waals surface area (Å²) in [5.74, 6) is 0.972. The van der Waals surface area contributed by atoms with Crippen LogP contribution in [0, 0.1) is 12.8 Å². The first-order valence-corrected chi connectivity index (χ1v) is 13.6. The summed E-state index contributed by atoms with van der Waals surface area (Å²) in [6.07, 6.45) is 1.34. The van der Waals surface area contributed by atoms with Crippen LogP contribution < -0.4 is 10.1 Å². The van der Waals surface area contributed by atoms with Gasteiger partial charge in [0, 0.05) is 32.0 Å². The molecule has 0 bridgehead atoms. The fourth-order valence-corrected chi connectivity index (χ4v) is 5.20. The van der Waals surface area contributed by atoms with Crippen LogP contribution in [0.25, 0.3) is 0 Å². The number of nitrogens with one attached hydrogen (secondary N) is 1. The van der Waals surface area contributed by atoms with Gasteiger partial charge in [0.2, 0.25) is 5.91 Å². The van der Waals surface area contributed by atoms with Gasteiger partial charge < -0.3 is 19.7 Å². The molecular formula is C29H35N3O4S. The average Bonchev–Trinajstić information content (AvgIpc) is 3.36. The van der Waals surface area contributed by atoms with E-state index in [-0.39, 0.29) is 24.5 Å². The molecule has 3 aromatic rings. The Morgan fingerprint density at radius 2 is 1.97 bits per heavy atom. The minimum Gasteiger partial charge on any atom is -0.486 e. The Balaban J connectivity index is 1.53. The van der Waals surface area contributed by atoms with Crippen LogP contribution in [0.5, 0.6) is 5.75 Å². The molecule has 0 radical (unpaired) electrons. The van der Waals surface area contributed by atoms with Crippen molar-refractivity contribution in [3.63, 3.8) is 0 Å². The van der Waals surface area contributed by atoms with Crippen LogP contribution in [0.1, 0.15) is 64.1 Å². The molecule has 8 heteroatoms. The van der Waals surface area contributed by atoms with E-state index in [0.717, 1.165) is 28.3 Å². The maximum atomic E-state index is 13.3. The van der Waals surface area contributed by atoms with E-state index in [0.29, 0.717) is 37.7 Å². The molecule has 1 N–H and O–H groups in total. The maximum Gasteiger partial charge on any atom is 0.270 e. The molecule has 196 valence electrons. The number of nitrogens with zero attached hydrogens (tertiary/aromatic N) is 2. The van der Waals surface area contributed by atoms with Gasteiger partial charge in [-0.05, 0) is 48.1 Å². The van der Waals surface area contributed by atoms with Crippen molar-refractivity contribution in [2.45, 2.75) is 46.3 Å². The number of methoxy groups -OCH3 is 1. The molecule has 0 fully saturated rings. The smallest absolute Gasteiger partial charge is 0.270 e. The fraction of sp³-hybridized carbons (Fsp3) is 0.414. The zero-order chi connectivity index (χ0) is 26.4. The van der Waals surface area contributed by atoms with Crippen molar-refractivity contribution >= 4 is 23.2 Å². The molecule has 0 spiro atoms. The van der Waals surface area contributed by atoms with Crippen molar-refractivity contribution in [1.82, 2.24) is 15.2 Å². The van der Waals surface area contributed by atoms with Gasteiger partial charge in [0.15, 0.2) is 0 Å². The number of fused-ring (bicyclic) bond motifs is 1. The highest BCUT2D eigenvalue weighted by Crippen LogP contribution is 2.38. The number of carbonyl (C=O) groups excluding carboxylic acids is 2. The largest absolute Gasteiger partial charge is 0.486 e. The maximum absolute atomic E-state index is 13.3. The van der Waals surface area contributed by atoms with Gasteiger partial charge in [-0.15, -0.1) is 11.3 Å². The van der Waals surface area contributed by atoms with E-state index in [9.17, 15) is 9.59 Å². The van der Waals surface area contributed by atoms with Gasteiger partial charge in [0.25, 0.3) is 5.91 Å². The lowest BCUT2D eigenvalue weighted by Gasteiger charge is -2.38. The average molecular weight is 522 g/mol. The highest BCUT2D eigenvalue weighted by molar-refractivity contribution is 7.09. The van der Waals surface area contributed by atoms with E-state index in [1.54, 1.807) is 12.5 Å². The van der Waals surface area contributed by atoms with E-state index in [1.807, 2.05) is 11.0 Å². The SMILES string of the molecule is COCCNC(=O)c1csc(COc2ccc3c(c2)[C@H](c2ccc(C)cc2)N(C(=O)CC(C)C)CC3)n1. The number of ether oxygens (including phenoxy) is 2. The zero-order valence-electron chi connectivity index (χ0n) is 22.0. The Bertz CT molecular complexity index is 1220. The van der Waals surface area contributed by atoms with Gasteiger partial charge in [-0.1, -0.05) is 49.7 Å². The molecule has 1 aromatic heterocycles. The Hall–Kier alpha value is -3.23. The van der Waals surface area contributed by atoms with Crippen molar-refractivity contribution in [2.24, 2.45) is 5.92 Å². The number of hydrogen-bond donors (Lipinski definition) is 1. The quantitative estimate of drug-likeness (QED) is 0.383. The number of amides is 2. The number of carbonyl (C=O) groups is 2. The molecule has 2 heterocycles. The standard InChI is InChI=1S/C29H35N3O4S/c1-19(2)15-27(33)32-13-11-21-9-10-23(16-24(21)28(32)22-7-5-20(3)6-8-22)36-17-26-31-25(18-37-26)29(34)30-12-14-35-4/h5-10,16,18-19,28H,11-15,17H2,1-4H3,(H,30,34)/t28-/m0/s1. The van der Waals surface area contributed by atoms with Gasteiger partial charge in [-0.2, -0.15) is 0 Å². The molecule has 0 aliphatic carbocycles. The second-order valence-corrected chi connectivity index (χ2v) is 10.7. The number of thiazole rings is 1. The molecule has 1 atom stereocenters. The lowest BCUT2D eigenvalue weighted by Crippen LogP contribution is -2.41. The van der Waals surface area contributed by atoms with Crippen LogP contribution in [0.2, 0.25) is 0 Å². The summed E-state index contributed by atoms with van der Waals surface area (Å²) in [5.41, 5.74) is 5.00. The Kier molecular flexibility index (Phi) is 8.95. The topological polar surface area (TPSA) is 80.8 Å². The summed E-state index contributed by atoms with van der Waals surface area (Å²) in [7, 11) is 1.59. The third kappa shape index (κ3) is 6.76. The lowest BCUT2D eigenvalue weighted by atomic mass is 9.87. The summed E-state index contributed by atoms with van der Waals surface area (Å²) >= 11 is 1.39. The summed E-state index contributed by atoms with van der Waals surface area (Å²) in [5, 5.41) is 5.23. The predicted molar refractivity (Wildman–Crippen MR) is 145 cm³/mol. The number of hydrogen-bond acceptors (Lipinski definition) is 6. The number of aromatic nitrogens is 1. The first kappa shape index (κ1) is 26.8. The third-order valence-corrected chi connectivity index (χ3v) is 7.20. The Labute approximate surface area is 222 Å². The summed E-state index contributed by atoms with van der Waals surface area (Å²) < 4.78 is 11.1. The van der Waals surface area contributed by atoms with Gasteiger partial charge >= 0.3 is 0 Å². The molecule has 7 nitrogen and oxygen atoms in total. The minimum absolute atomic E-state index is 0.151. The summed E-state index contributed by atoms with van der Waals surface area (Å²) in [6, 6.07) is 14.4. The first-order chi connectivity index (χ1) is 17.9. The highest BCUT2D eigenvalue weighted by atomic mass is 32.1. The normalized spacial score (nSPS) is 14.9. The van der Waals surface area contributed by atoms with Crippen molar-refractivity contribution in [1.29, 1.82) is 0 Å². The van der Waals surface area contributed by atoms with Gasteiger partial charge in [-0.3, -0.25) is 9.59 Å². The van der Waals surface area contributed by atoms with E-state index in [1.165, 1.54) is 22.5 Å². The monoisotopic (exact) mass is 521 g/mol. The number of rotatable bonds is 10. The third-order valence-electron chi connectivity index (χ3n) is 6.38. The Morgan fingerprint density at radius 1 is 1.19 bits per heavy atom. The molecule has 4 rings (SSSR count). The molecule has 1 aliphatic rings. The fourth-order valence-electron chi connectivity index (χ4n) is 4.51. The van der Waals surface area contributed by atoms with Crippen molar-refractivity contribution in [3.05, 3.63) is 80.8 Å². The second-order valence-electron chi connectivity index (χ2n) is 9.77. The van der Waals surface area contributed by atoms with Crippen LogP contribution in [-0.4, -0.2) is 48.5 Å². The molecule has 0 unspecified atom stereocenters. The molecule has 2 amide bonds. The molecule has 1 aliphatic heterocycles. The molecular weight excluding hydrogens is 486 g/mol. The predicted octanol–water partition coefficient (Wildman–Crippen LogP) is 4.93. The summed E-state index contributed by atoms with van der Waals surface area (Å²) in [4.78, 5) is 31.9. The van der Waals surface area contributed by atoms with Crippen LogP contribution in [0.15, 0.2) is 47.8 Å². The van der Waals surface area contributed by atoms with Crippen molar-refractivity contribution in [2.75, 3.05) is 26.8 Å². The van der Waals surface area contributed by atoms with Crippen LogP contribution in [0.3, 0.4) is 0 Å². The minimum atomic E-state index is -0.222. The zero-order valence-corrected chi connectivity index (χ0v) is 22.8. The second kappa shape index (κ2) is 12.3. The molecule has 0 saturated carbocycles. The molecule has 37 heavy (non-hydrogen) atoms. The van der Waals surface area contributed by atoms with Crippen LogP contribution in [-0.2, 0) is 22.6 Å². The van der Waals surface area contributed by atoms with Gasteiger partial charge in [-0.25, -0.2) is 4.98 Å². The number of benzene rings is 2. The van der Waals surface area contributed by atoms with E-state index in [4.69, 9.17) is 9.47 Å². The van der Waals surface area contributed by atoms with Gasteiger partial charge in [0.1, 0.15) is 23.1 Å². The molecule has 0 saturated heterocycles. The highest BCUT2D eigenvalue weighted by Gasteiger charge is 2.32. The summed E-state index contributed by atoms with van der Waals surface area (Å²) in [6.45, 7) is 8.08. The Morgan fingerprint density at radius 3 is 2.70 bits per heavy atom. The van der Waals surface area contributed by atoms with E-state index < -0.39 is 0 Å². The van der Waals surface area contributed by atoms with Crippen LogP contribution >= 0.6 is 11.3 Å².